The number of nitrogens with zero attached hydrogens (tertiary/aromatic N) is 2. The van der Waals surface area contributed by atoms with Gasteiger partial charge in [-0.1, -0.05) is 39.4 Å². The Hall–Kier alpha value is -0.780. The van der Waals surface area contributed by atoms with Crippen LogP contribution >= 0.6 is 27.3 Å². The van der Waals surface area contributed by atoms with Crippen LogP contribution in [0, 0.1) is 6.92 Å². The van der Waals surface area contributed by atoms with Crippen LogP contribution in [-0.2, 0) is 0 Å². The largest absolute Gasteiger partial charge is 0.322 e. The Morgan fingerprint density at radius 2 is 2.12 bits per heavy atom. The molecule has 1 aromatic carbocycles. The molecule has 2 aromatic rings. The monoisotopic (exact) mass is 297 g/mol. The van der Waals surface area contributed by atoms with Crippen LogP contribution in [0.3, 0.4) is 0 Å². The van der Waals surface area contributed by atoms with Crippen molar-refractivity contribution in [3.8, 4) is 10.6 Å². The molecular formula is C11H12BrN3S. The molecule has 0 radical (unpaired) electrons. The van der Waals surface area contributed by atoms with Crippen molar-refractivity contribution in [2.24, 2.45) is 5.73 Å². The first-order valence-corrected chi connectivity index (χ1v) is 6.54. The highest BCUT2D eigenvalue weighted by molar-refractivity contribution is 9.10. The van der Waals surface area contributed by atoms with Crippen LogP contribution in [0.1, 0.15) is 23.5 Å². The molecular weight excluding hydrogens is 286 g/mol. The van der Waals surface area contributed by atoms with Crippen LogP contribution in [0.25, 0.3) is 10.6 Å². The summed E-state index contributed by atoms with van der Waals surface area (Å²) in [5.74, 6) is 0. The Balaban J connectivity index is 2.39. The van der Waals surface area contributed by atoms with Crippen molar-refractivity contribution in [2.75, 3.05) is 0 Å². The maximum absolute atomic E-state index is 5.76. The van der Waals surface area contributed by atoms with Crippen molar-refractivity contribution in [1.82, 2.24) is 10.2 Å². The molecule has 16 heavy (non-hydrogen) atoms. The first-order chi connectivity index (χ1) is 7.58. The third-order valence-electron chi connectivity index (χ3n) is 2.25. The Labute approximate surface area is 107 Å². The zero-order valence-corrected chi connectivity index (χ0v) is 11.5. The summed E-state index contributed by atoms with van der Waals surface area (Å²) in [6.07, 6.45) is 0. The summed E-state index contributed by atoms with van der Waals surface area (Å²) in [6, 6.07) is 6.11. The van der Waals surface area contributed by atoms with E-state index in [2.05, 4.69) is 45.2 Å². The van der Waals surface area contributed by atoms with Gasteiger partial charge in [0.2, 0.25) is 0 Å². The highest BCUT2D eigenvalue weighted by Crippen LogP contribution is 2.29. The lowest BCUT2D eigenvalue weighted by Gasteiger charge is -2.00. The van der Waals surface area contributed by atoms with Gasteiger partial charge in [0.15, 0.2) is 0 Å². The number of hydrogen-bond donors (Lipinski definition) is 1. The van der Waals surface area contributed by atoms with Crippen molar-refractivity contribution in [3.63, 3.8) is 0 Å². The van der Waals surface area contributed by atoms with Gasteiger partial charge in [-0.2, -0.15) is 0 Å². The van der Waals surface area contributed by atoms with E-state index >= 15 is 0 Å². The molecule has 1 heterocycles. The van der Waals surface area contributed by atoms with Gasteiger partial charge in [0.05, 0.1) is 6.04 Å². The predicted molar refractivity (Wildman–Crippen MR) is 70.4 cm³/mol. The number of halogens is 1. The Kier molecular flexibility index (Phi) is 3.37. The molecule has 0 fully saturated rings. The van der Waals surface area contributed by atoms with E-state index in [1.54, 1.807) is 11.3 Å². The van der Waals surface area contributed by atoms with Crippen LogP contribution in [0.2, 0.25) is 0 Å². The van der Waals surface area contributed by atoms with E-state index in [9.17, 15) is 0 Å². The quantitative estimate of drug-likeness (QED) is 0.925. The van der Waals surface area contributed by atoms with E-state index in [0.29, 0.717) is 0 Å². The van der Waals surface area contributed by atoms with Crippen molar-refractivity contribution < 1.29 is 0 Å². The number of rotatable bonds is 2. The van der Waals surface area contributed by atoms with E-state index in [1.165, 1.54) is 5.56 Å². The van der Waals surface area contributed by atoms with E-state index in [0.717, 1.165) is 20.1 Å². The van der Waals surface area contributed by atoms with E-state index in [4.69, 9.17) is 5.73 Å². The van der Waals surface area contributed by atoms with Crippen LogP contribution in [0.15, 0.2) is 22.7 Å². The molecule has 1 atom stereocenters. The number of aromatic nitrogens is 2. The minimum Gasteiger partial charge on any atom is -0.322 e. The summed E-state index contributed by atoms with van der Waals surface area (Å²) in [5, 5.41) is 10.00. The molecule has 2 N–H and O–H groups in total. The van der Waals surface area contributed by atoms with Gasteiger partial charge in [0.1, 0.15) is 10.0 Å². The average Bonchev–Trinajstić information content (AvgIpc) is 2.71. The lowest BCUT2D eigenvalue weighted by atomic mass is 10.2. The molecule has 1 unspecified atom stereocenters. The zero-order valence-electron chi connectivity index (χ0n) is 9.07. The third-order valence-corrected chi connectivity index (χ3v) is 4.28. The van der Waals surface area contributed by atoms with Gasteiger partial charge in [-0.3, -0.25) is 0 Å². The second-order valence-corrected chi connectivity index (χ2v) is 5.56. The number of hydrogen-bond acceptors (Lipinski definition) is 4. The maximum atomic E-state index is 5.76. The Morgan fingerprint density at radius 3 is 2.69 bits per heavy atom. The van der Waals surface area contributed by atoms with Gasteiger partial charge in [-0.25, -0.2) is 0 Å². The predicted octanol–water partition coefficient (Wildman–Crippen LogP) is 3.30. The summed E-state index contributed by atoms with van der Waals surface area (Å²) in [4.78, 5) is 0. The number of benzene rings is 1. The third kappa shape index (κ3) is 2.31. The molecule has 0 aliphatic heterocycles. The first kappa shape index (κ1) is 11.7. The summed E-state index contributed by atoms with van der Waals surface area (Å²) in [5.41, 5.74) is 8.04. The first-order valence-electron chi connectivity index (χ1n) is 4.93. The molecule has 2 rings (SSSR count). The molecule has 1 aromatic heterocycles. The molecule has 0 saturated carbocycles. The summed E-state index contributed by atoms with van der Waals surface area (Å²) in [7, 11) is 0. The highest BCUT2D eigenvalue weighted by atomic mass is 79.9. The topological polar surface area (TPSA) is 51.8 Å². The van der Waals surface area contributed by atoms with Gasteiger partial charge >= 0.3 is 0 Å². The van der Waals surface area contributed by atoms with Crippen molar-refractivity contribution in [3.05, 3.63) is 33.2 Å². The average molecular weight is 298 g/mol. The van der Waals surface area contributed by atoms with Crippen molar-refractivity contribution in [1.29, 1.82) is 0 Å². The van der Waals surface area contributed by atoms with E-state index in [-0.39, 0.29) is 6.04 Å². The van der Waals surface area contributed by atoms with E-state index < -0.39 is 0 Å². The number of nitrogens with two attached hydrogens (primary N) is 1. The molecule has 0 saturated heterocycles. The second kappa shape index (κ2) is 4.61. The van der Waals surface area contributed by atoms with Crippen LogP contribution in [0.5, 0.6) is 0 Å². The van der Waals surface area contributed by atoms with Gasteiger partial charge in [-0.05, 0) is 25.5 Å². The van der Waals surface area contributed by atoms with E-state index in [1.807, 2.05) is 13.0 Å². The lowest BCUT2D eigenvalue weighted by Crippen LogP contribution is -2.03. The van der Waals surface area contributed by atoms with Crippen LogP contribution < -0.4 is 5.73 Å². The SMILES string of the molecule is Cc1ccc(-c2nnc(C(C)N)s2)cc1Br. The fourth-order valence-electron chi connectivity index (χ4n) is 1.26. The second-order valence-electron chi connectivity index (χ2n) is 3.70. The standard InChI is InChI=1S/C11H12BrN3S/c1-6-3-4-8(5-9(6)12)11-15-14-10(16-11)7(2)13/h3-5,7H,13H2,1-2H3. The normalized spacial score (nSPS) is 12.8. The minimum atomic E-state index is -0.0554. The lowest BCUT2D eigenvalue weighted by molar-refractivity contribution is 0.786. The van der Waals surface area contributed by atoms with Gasteiger partial charge in [-0.15, -0.1) is 10.2 Å². The van der Waals surface area contributed by atoms with Crippen LogP contribution in [-0.4, -0.2) is 10.2 Å². The molecule has 0 bridgehead atoms. The Bertz CT molecular complexity index is 508. The molecule has 5 heteroatoms. The summed E-state index contributed by atoms with van der Waals surface area (Å²) >= 11 is 5.05. The number of aryl methyl sites for hydroxylation is 1. The molecule has 0 aliphatic carbocycles. The zero-order chi connectivity index (χ0) is 11.7. The Morgan fingerprint density at radius 1 is 1.38 bits per heavy atom. The fourth-order valence-corrected chi connectivity index (χ4v) is 2.43. The molecule has 3 nitrogen and oxygen atoms in total. The summed E-state index contributed by atoms with van der Waals surface area (Å²) < 4.78 is 1.09. The van der Waals surface area contributed by atoms with Crippen molar-refractivity contribution >= 4 is 27.3 Å². The van der Waals surface area contributed by atoms with Crippen LogP contribution in [0.4, 0.5) is 0 Å². The van der Waals surface area contributed by atoms with Crippen molar-refractivity contribution in [2.45, 2.75) is 19.9 Å². The highest BCUT2D eigenvalue weighted by Gasteiger charge is 2.10. The summed E-state index contributed by atoms with van der Waals surface area (Å²) in [6.45, 7) is 3.97. The molecule has 0 aliphatic rings. The fraction of sp³-hybridized carbons (Fsp3) is 0.273. The molecule has 0 amide bonds. The maximum Gasteiger partial charge on any atom is 0.147 e. The van der Waals surface area contributed by atoms with Gasteiger partial charge in [0.25, 0.3) is 0 Å². The molecule has 84 valence electrons. The van der Waals surface area contributed by atoms with Gasteiger partial charge < -0.3 is 5.73 Å². The smallest absolute Gasteiger partial charge is 0.147 e. The molecule has 0 spiro atoms. The van der Waals surface area contributed by atoms with Gasteiger partial charge in [0, 0.05) is 10.0 Å². The minimum absolute atomic E-state index is 0.0554.